The molecule has 0 N–H and O–H groups in total. The first-order chi connectivity index (χ1) is 11.6. The van der Waals surface area contributed by atoms with Crippen LogP contribution in [0.3, 0.4) is 0 Å². The van der Waals surface area contributed by atoms with Crippen molar-refractivity contribution < 1.29 is 4.79 Å². The Morgan fingerprint density at radius 1 is 1.25 bits per heavy atom. The van der Waals surface area contributed by atoms with Crippen LogP contribution in [0.4, 0.5) is 0 Å². The van der Waals surface area contributed by atoms with E-state index in [1.807, 2.05) is 11.8 Å². The zero-order valence-electron chi connectivity index (χ0n) is 14.0. The Labute approximate surface area is 149 Å². The number of hydrogen-bond donors (Lipinski definition) is 0. The molecule has 5 nitrogen and oxygen atoms in total. The number of nitrogens with zero attached hydrogens (tertiary/aromatic N) is 3. The number of thiophene rings is 1. The van der Waals surface area contributed by atoms with Crippen molar-refractivity contribution in [3.63, 3.8) is 0 Å². The molecule has 1 aliphatic carbocycles. The number of thioether (sulfide) groups is 1. The Hall–Kier alpha value is -1.34. The van der Waals surface area contributed by atoms with Gasteiger partial charge in [0.05, 0.1) is 10.6 Å². The van der Waals surface area contributed by atoms with Gasteiger partial charge in [-0.25, -0.2) is 4.98 Å². The minimum atomic E-state index is -0.217. The number of aromatic nitrogens is 2. The zero-order chi connectivity index (χ0) is 16.8. The van der Waals surface area contributed by atoms with E-state index in [0.29, 0.717) is 5.16 Å². The lowest BCUT2D eigenvalue weighted by Crippen LogP contribution is -2.34. The lowest BCUT2D eigenvalue weighted by Gasteiger charge is -2.20. The van der Waals surface area contributed by atoms with Crippen LogP contribution in [0.1, 0.15) is 36.6 Å². The van der Waals surface area contributed by atoms with Gasteiger partial charge in [0.2, 0.25) is 5.91 Å². The predicted molar refractivity (Wildman–Crippen MR) is 98.0 cm³/mol. The van der Waals surface area contributed by atoms with E-state index in [1.165, 1.54) is 22.2 Å². The van der Waals surface area contributed by atoms with Gasteiger partial charge < -0.3 is 4.90 Å². The second-order valence-electron chi connectivity index (χ2n) is 6.59. The van der Waals surface area contributed by atoms with E-state index in [-0.39, 0.29) is 16.7 Å². The van der Waals surface area contributed by atoms with Gasteiger partial charge in [-0.15, -0.1) is 11.3 Å². The molecule has 0 bridgehead atoms. The third kappa shape index (κ3) is 2.58. The summed E-state index contributed by atoms with van der Waals surface area (Å²) >= 11 is 3.05. The summed E-state index contributed by atoms with van der Waals surface area (Å²) in [4.78, 5) is 34.1. The minimum absolute atomic E-state index is 0.0303. The molecule has 7 heteroatoms. The molecule has 1 atom stereocenters. The average molecular weight is 364 g/mol. The largest absolute Gasteiger partial charge is 0.342 e. The highest BCUT2D eigenvalue weighted by Crippen LogP contribution is 2.36. The van der Waals surface area contributed by atoms with Gasteiger partial charge in [-0.3, -0.25) is 14.2 Å². The van der Waals surface area contributed by atoms with Crippen LogP contribution in [0.25, 0.3) is 10.2 Å². The first-order valence-corrected chi connectivity index (χ1v) is 10.2. The maximum atomic E-state index is 12.8. The standard InChI is InChI=1S/C17H21N3O2S2/c1-10(15(21)20-8-3-4-9-20)23-17-18-14-13(16(22)19(17)2)11-6-5-7-12(11)24-14/h10H,3-9H2,1-2H3/t10-/m1/s1. The summed E-state index contributed by atoms with van der Waals surface area (Å²) in [5.41, 5.74) is 1.24. The van der Waals surface area contributed by atoms with Crippen LogP contribution in [0.15, 0.2) is 9.95 Å². The van der Waals surface area contributed by atoms with Crippen LogP contribution in [0, 0.1) is 0 Å². The van der Waals surface area contributed by atoms with Gasteiger partial charge in [-0.2, -0.15) is 0 Å². The van der Waals surface area contributed by atoms with Gasteiger partial charge >= 0.3 is 0 Å². The Bertz CT molecular complexity index is 865. The molecule has 1 fully saturated rings. The van der Waals surface area contributed by atoms with Crippen molar-refractivity contribution in [1.82, 2.24) is 14.5 Å². The molecule has 1 saturated heterocycles. The van der Waals surface area contributed by atoms with Crippen LogP contribution in [0.2, 0.25) is 0 Å². The van der Waals surface area contributed by atoms with Crippen LogP contribution < -0.4 is 5.56 Å². The first-order valence-electron chi connectivity index (χ1n) is 8.53. The maximum Gasteiger partial charge on any atom is 0.262 e. The molecule has 2 aromatic rings. The second kappa shape index (κ2) is 6.19. The van der Waals surface area contributed by atoms with E-state index in [0.717, 1.165) is 55.4 Å². The molecular formula is C17H21N3O2S2. The van der Waals surface area contributed by atoms with E-state index in [2.05, 4.69) is 0 Å². The van der Waals surface area contributed by atoms with Crippen LogP contribution in [-0.2, 0) is 24.7 Å². The number of amides is 1. The molecular weight excluding hydrogens is 342 g/mol. The highest BCUT2D eigenvalue weighted by molar-refractivity contribution is 8.00. The third-order valence-electron chi connectivity index (χ3n) is 4.95. The lowest BCUT2D eigenvalue weighted by atomic mass is 10.2. The summed E-state index contributed by atoms with van der Waals surface area (Å²) < 4.78 is 1.62. The molecule has 0 unspecified atom stereocenters. The number of aryl methyl sites for hydroxylation is 2. The quantitative estimate of drug-likeness (QED) is 0.621. The molecule has 4 rings (SSSR count). The van der Waals surface area contributed by atoms with E-state index >= 15 is 0 Å². The van der Waals surface area contributed by atoms with Crippen molar-refractivity contribution in [2.24, 2.45) is 7.05 Å². The minimum Gasteiger partial charge on any atom is -0.342 e. The Morgan fingerprint density at radius 3 is 2.75 bits per heavy atom. The van der Waals surface area contributed by atoms with Gasteiger partial charge in [-0.05, 0) is 44.6 Å². The van der Waals surface area contributed by atoms with Crippen LogP contribution in [-0.4, -0.2) is 38.7 Å². The van der Waals surface area contributed by atoms with Crippen LogP contribution in [0.5, 0.6) is 0 Å². The normalized spacial score (nSPS) is 18.3. The van der Waals surface area contributed by atoms with Gasteiger partial charge in [0, 0.05) is 25.0 Å². The lowest BCUT2D eigenvalue weighted by molar-refractivity contribution is -0.129. The molecule has 0 radical (unpaired) electrons. The van der Waals surface area contributed by atoms with Gasteiger partial charge in [-0.1, -0.05) is 11.8 Å². The molecule has 24 heavy (non-hydrogen) atoms. The number of carbonyl (C=O) groups excluding carboxylic acids is 1. The van der Waals surface area contributed by atoms with Gasteiger partial charge in [0.1, 0.15) is 4.83 Å². The number of rotatable bonds is 3. The number of fused-ring (bicyclic) bond motifs is 3. The molecule has 0 saturated carbocycles. The summed E-state index contributed by atoms with van der Waals surface area (Å²) in [6.45, 7) is 3.62. The molecule has 3 heterocycles. The molecule has 0 aromatic carbocycles. The molecule has 2 aliphatic rings. The van der Waals surface area contributed by atoms with Crippen molar-refractivity contribution in [3.8, 4) is 0 Å². The molecule has 2 aromatic heterocycles. The summed E-state index contributed by atoms with van der Waals surface area (Å²) in [6, 6.07) is 0. The fraction of sp³-hybridized carbons (Fsp3) is 0.588. The Kier molecular flexibility index (Phi) is 4.16. The van der Waals surface area contributed by atoms with Crippen molar-refractivity contribution in [1.29, 1.82) is 0 Å². The average Bonchev–Trinajstić information content (AvgIpc) is 3.27. The summed E-state index contributed by atoms with van der Waals surface area (Å²) in [5, 5.41) is 1.23. The Balaban J connectivity index is 1.66. The van der Waals surface area contributed by atoms with Crippen molar-refractivity contribution in [2.45, 2.75) is 49.4 Å². The number of carbonyl (C=O) groups is 1. The molecule has 0 spiro atoms. The number of hydrogen-bond acceptors (Lipinski definition) is 5. The molecule has 1 amide bonds. The predicted octanol–water partition coefficient (Wildman–Crippen LogP) is 2.59. The van der Waals surface area contributed by atoms with E-state index in [9.17, 15) is 9.59 Å². The van der Waals surface area contributed by atoms with E-state index in [1.54, 1.807) is 23.0 Å². The first kappa shape index (κ1) is 16.1. The fourth-order valence-electron chi connectivity index (χ4n) is 3.61. The van der Waals surface area contributed by atoms with Gasteiger partial charge in [0.25, 0.3) is 5.56 Å². The fourth-order valence-corrected chi connectivity index (χ4v) is 5.87. The monoisotopic (exact) mass is 363 g/mol. The summed E-state index contributed by atoms with van der Waals surface area (Å²) in [7, 11) is 1.77. The summed E-state index contributed by atoms with van der Waals surface area (Å²) in [5.74, 6) is 0.153. The maximum absolute atomic E-state index is 12.8. The Morgan fingerprint density at radius 2 is 2.00 bits per heavy atom. The van der Waals surface area contributed by atoms with Crippen molar-refractivity contribution >= 4 is 39.2 Å². The third-order valence-corrected chi connectivity index (χ3v) is 7.27. The van der Waals surface area contributed by atoms with E-state index < -0.39 is 0 Å². The highest BCUT2D eigenvalue weighted by Gasteiger charge is 2.27. The molecule has 1 aliphatic heterocycles. The van der Waals surface area contributed by atoms with E-state index in [4.69, 9.17) is 4.98 Å². The zero-order valence-corrected chi connectivity index (χ0v) is 15.6. The van der Waals surface area contributed by atoms with Crippen molar-refractivity contribution in [2.75, 3.05) is 13.1 Å². The SMILES string of the molecule is C[C@@H](Sc1nc2sc3c(c2c(=O)n1C)CCC3)C(=O)N1CCCC1. The van der Waals surface area contributed by atoms with Gasteiger partial charge in [0.15, 0.2) is 5.16 Å². The smallest absolute Gasteiger partial charge is 0.262 e. The van der Waals surface area contributed by atoms with Crippen LogP contribution >= 0.6 is 23.1 Å². The summed E-state index contributed by atoms with van der Waals surface area (Å²) in [6.07, 6.45) is 5.37. The topological polar surface area (TPSA) is 55.2 Å². The van der Waals surface area contributed by atoms with Crippen molar-refractivity contribution in [3.05, 3.63) is 20.8 Å². The highest BCUT2D eigenvalue weighted by atomic mass is 32.2. The molecule has 128 valence electrons. The number of likely N-dealkylation sites (tertiary alicyclic amines) is 1. The second-order valence-corrected chi connectivity index (χ2v) is 8.98.